The first kappa shape index (κ1) is 25.1. The molecule has 1 saturated heterocycles. The third-order valence-electron chi connectivity index (χ3n) is 6.00. The molecule has 1 aliphatic heterocycles. The van der Waals surface area contributed by atoms with Crippen molar-refractivity contribution in [3.63, 3.8) is 0 Å². The highest BCUT2D eigenvalue weighted by atomic mass is 16.5. The minimum absolute atomic E-state index is 0.0463. The second kappa shape index (κ2) is 10.6. The molecule has 182 valence electrons. The zero-order valence-electron chi connectivity index (χ0n) is 20.7. The maximum absolute atomic E-state index is 13.5. The molecular formula is C25H33N5O4. The van der Waals surface area contributed by atoms with Crippen LogP contribution < -0.4 is 5.32 Å². The summed E-state index contributed by atoms with van der Waals surface area (Å²) in [5.74, 6) is -0.670. The Bertz CT molecular complexity index is 1080. The van der Waals surface area contributed by atoms with E-state index in [0.717, 1.165) is 17.7 Å². The number of anilines is 1. The van der Waals surface area contributed by atoms with E-state index in [0.29, 0.717) is 31.2 Å². The van der Waals surface area contributed by atoms with Gasteiger partial charge in [-0.2, -0.15) is 0 Å². The van der Waals surface area contributed by atoms with Crippen LogP contribution >= 0.6 is 0 Å². The number of benzene rings is 1. The van der Waals surface area contributed by atoms with Crippen molar-refractivity contribution in [2.75, 3.05) is 32.1 Å². The molecule has 0 spiro atoms. The normalized spacial score (nSPS) is 15.9. The fourth-order valence-electron chi connectivity index (χ4n) is 4.20. The Morgan fingerprint density at radius 2 is 1.88 bits per heavy atom. The van der Waals surface area contributed by atoms with Gasteiger partial charge in [0.05, 0.1) is 12.8 Å². The number of carbonyl (C=O) groups is 3. The van der Waals surface area contributed by atoms with Crippen LogP contribution in [0.4, 0.5) is 10.5 Å². The first-order valence-corrected chi connectivity index (χ1v) is 11.6. The molecule has 3 rings (SSSR count). The number of hydrogen-bond acceptors (Lipinski definition) is 6. The van der Waals surface area contributed by atoms with Gasteiger partial charge in [0.2, 0.25) is 0 Å². The number of nitrogens with zero attached hydrogens (tertiary/aromatic N) is 4. The number of para-hydroxylation sites is 1. The minimum atomic E-state index is -0.632. The fourth-order valence-corrected chi connectivity index (χ4v) is 4.20. The Morgan fingerprint density at radius 1 is 1.18 bits per heavy atom. The summed E-state index contributed by atoms with van der Waals surface area (Å²) in [5.41, 5.74) is 2.50. The smallest absolute Gasteiger partial charge is 0.342 e. The van der Waals surface area contributed by atoms with Crippen molar-refractivity contribution in [2.45, 2.75) is 53.0 Å². The van der Waals surface area contributed by atoms with Gasteiger partial charge in [-0.05, 0) is 37.8 Å². The van der Waals surface area contributed by atoms with E-state index in [-0.39, 0.29) is 35.2 Å². The summed E-state index contributed by atoms with van der Waals surface area (Å²) in [6.45, 7) is 10.5. The van der Waals surface area contributed by atoms with Crippen molar-refractivity contribution < 1.29 is 19.1 Å². The molecule has 3 amide bonds. The molecule has 0 saturated carbocycles. The van der Waals surface area contributed by atoms with E-state index in [9.17, 15) is 14.4 Å². The molecule has 2 aromatic rings. The molecule has 34 heavy (non-hydrogen) atoms. The van der Waals surface area contributed by atoms with E-state index in [1.807, 2.05) is 52.0 Å². The SMILES string of the molecule is CCc1ccccc1NC(=O)N1CCN(C(=O)c2nc(C)nc(C(C)C)c2C(=O)OC)CC1C. The fraction of sp³-hybridized carbons (Fsp3) is 0.480. The number of piperazine rings is 1. The quantitative estimate of drug-likeness (QED) is 0.673. The molecule has 9 heteroatoms. The number of aromatic nitrogens is 2. The van der Waals surface area contributed by atoms with Crippen LogP contribution in [0.2, 0.25) is 0 Å². The van der Waals surface area contributed by atoms with E-state index in [1.165, 1.54) is 7.11 Å². The number of esters is 1. The van der Waals surface area contributed by atoms with Gasteiger partial charge in [0.25, 0.3) is 5.91 Å². The third-order valence-corrected chi connectivity index (χ3v) is 6.00. The molecule has 1 aromatic carbocycles. The van der Waals surface area contributed by atoms with Crippen LogP contribution in [0.1, 0.15) is 71.5 Å². The number of nitrogens with one attached hydrogen (secondary N) is 1. The Hall–Kier alpha value is -3.49. The van der Waals surface area contributed by atoms with E-state index in [1.54, 1.807) is 16.7 Å². The van der Waals surface area contributed by atoms with Gasteiger partial charge in [-0.15, -0.1) is 0 Å². The minimum Gasteiger partial charge on any atom is -0.465 e. The average molecular weight is 468 g/mol. The number of ether oxygens (including phenoxy) is 1. The van der Waals surface area contributed by atoms with Gasteiger partial charge in [0.1, 0.15) is 17.1 Å². The van der Waals surface area contributed by atoms with Crippen molar-refractivity contribution in [1.29, 1.82) is 0 Å². The third kappa shape index (κ3) is 5.18. The molecule has 0 aliphatic carbocycles. The summed E-state index contributed by atoms with van der Waals surface area (Å²) in [5, 5.41) is 3.00. The summed E-state index contributed by atoms with van der Waals surface area (Å²) in [6.07, 6.45) is 0.813. The number of methoxy groups -OCH3 is 1. The van der Waals surface area contributed by atoms with Gasteiger partial charge in [-0.25, -0.2) is 19.6 Å². The molecule has 2 heterocycles. The van der Waals surface area contributed by atoms with Gasteiger partial charge >= 0.3 is 12.0 Å². The van der Waals surface area contributed by atoms with Crippen molar-refractivity contribution in [3.05, 3.63) is 52.6 Å². The summed E-state index contributed by atoms with van der Waals surface area (Å²) < 4.78 is 4.94. The van der Waals surface area contributed by atoms with Crippen molar-refractivity contribution in [2.24, 2.45) is 0 Å². The van der Waals surface area contributed by atoms with E-state index < -0.39 is 5.97 Å². The first-order chi connectivity index (χ1) is 16.2. The number of rotatable bonds is 5. The highest BCUT2D eigenvalue weighted by Gasteiger charge is 2.34. The molecule has 1 fully saturated rings. The Labute approximate surface area is 200 Å². The summed E-state index contributed by atoms with van der Waals surface area (Å²) in [4.78, 5) is 51.1. The van der Waals surface area contributed by atoms with Crippen LogP contribution in [-0.4, -0.2) is 70.5 Å². The number of carbonyl (C=O) groups excluding carboxylic acids is 3. The first-order valence-electron chi connectivity index (χ1n) is 11.6. The molecule has 9 nitrogen and oxygen atoms in total. The summed E-state index contributed by atoms with van der Waals surface area (Å²) in [7, 11) is 1.27. The number of urea groups is 1. The number of amides is 3. The molecule has 0 radical (unpaired) electrons. The van der Waals surface area contributed by atoms with Crippen LogP contribution in [-0.2, 0) is 11.2 Å². The van der Waals surface area contributed by atoms with Gasteiger partial charge in [0.15, 0.2) is 0 Å². The molecule has 1 aromatic heterocycles. The second-order valence-electron chi connectivity index (χ2n) is 8.76. The molecular weight excluding hydrogens is 434 g/mol. The lowest BCUT2D eigenvalue weighted by Crippen LogP contribution is -2.56. The Kier molecular flexibility index (Phi) is 7.86. The Morgan fingerprint density at radius 3 is 2.50 bits per heavy atom. The second-order valence-corrected chi connectivity index (χ2v) is 8.76. The van der Waals surface area contributed by atoms with Crippen LogP contribution in [0.3, 0.4) is 0 Å². The highest BCUT2D eigenvalue weighted by Crippen LogP contribution is 2.24. The van der Waals surface area contributed by atoms with Crippen molar-refractivity contribution in [3.8, 4) is 0 Å². The molecule has 1 aliphatic rings. The lowest BCUT2D eigenvalue weighted by atomic mass is 10.0. The summed E-state index contributed by atoms with van der Waals surface area (Å²) in [6, 6.07) is 7.30. The van der Waals surface area contributed by atoms with E-state index >= 15 is 0 Å². The zero-order valence-corrected chi connectivity index (χ0v) is 20.7. The van der Waals surface area contributed by atoms with Crippen LogP contribution in [0.5, 0.6) is 0 Å². The monoisotopic (exact) mass is 467 g/mol. The number of hydrogen-bond donors (Lipinski definition) is 1. The predicted molar refractivity (Wildman–Crippen MR) is 129 cm³/mol. The predicted octanol–water partition coefficient (Wildman–Crippen LogP) is 3.64. The highest BCUT2D eigenvalue weighted by molar-refractivity contribution is 6.04. The standard InChI is InChI=1S/C25H33N5O4/c1-7-18-10-8-9-11-19(18)28-25(33)30-13-12-29(14-16(30)4)23(31)22-20(24(32)34-6)21(15(2)3)26-17(5)27-22/h8-11,15-16H,7,12-14H2,1-6H3,(H,28,33). The van der Waals surface area contributed by atoms with Crippen LogP contribution in [0.25, 0.3) is 0 Å². The molecule has 1 unspecified atom stereocenters. The summed E-state index contributed by atoms with van der Waals surface area (Å²) >= 11 is 0. The topological polar surface area (TPSA) is 105 Å². The van der Waals surface area contributed by atoms with Crippen LogP contribution in [0, 0.1) is 6.92 Å². The van der Waals surface area contributed by atoms with Crippen molar-refractivity contribution >= 4 is 23.6 Å². The molecule has 1 atom stereocenters. The largest absolute Gasteiger partial charge is 0.465 e. The lowest BCUT2D eigenvalue weighted by molar-refractivity contribution is 0.0550. The van der Waals surface area contributed by atoms with E-state index in [2.05, 4.69) is 15.3 Å². The molecule has 1 N–H and O–H groups in total. The van der Waals surface area contributed by atoms with Gasteiger partial charge in [-0.1, -0.05) is 39.0 Å². The van der Waals surface area contributed by atoms with Crippen LogP contribution in [0.15, 0.2) is 24.3 Å². The maximum atomic E-state index is 13.5. The Balaban J connectivity index is 1.80. The molecule has 0 bridgehead atoms. The van der Waals surface area contributed by atoms with Gasteiger partial charge in [-0.3, -0.25) is 4.79 Å². The lowest BCUT2D eigenvalue weighted by Gasteiger charge is -2.39. The van der Waals surface area contributed by atoms with E-state index in [4.69, 9.17) is 4.74 Å². The zero-order chi connectivity index (χ0) is 25.0. The van der Waals surface area contributed by atoms with Crippen molar-refractivity contribution in [1.82, 2.24) is 19.8 Å². The number of aryl methyl sites for hydroxylation is 2. The maximum Gasteiger partial charge on any atom is 0.342 e. The van der Waals surface area contributed by atoms with Gasteiger partial charge in [0, 0.05) is 31.4 Å². The van der Waals surface area contributed by atoms with Gasteiger partial charge < -0.3 is 19.9 Å². The average Bonchev–Trinajstić information content (AvgIpc) is 2.82.